The summed E-state index contributed by atoms with van der Waals surface area (Å²) in [5.74, 6) is 2.94. The van der Waals surface area contributed by atoms with Crippen molar-refractivity contribution >= 4 is 54.4 Å². The molecule has 0 bridgehead atoms. The number of carbonyl (C=O) groups is 1. The second-order valence-electron chi connectivity index (χ2n) is 20.2. The second kappa shape index (κ2) is 20.4. The van der Waals surface area contributed by atoms with Gasteiger partial charge in [0.25, 0.3) is 0 Å². The quantitative estimate of drug-likeness (QED) is 0.0565. The van der Waals surface area contributed by atoms with E-state index in [0.29, 0.717) is 52.2 Å². The molecule has 2 amide bonds. The van der Waals surface area contributed by atoms with Crippen LogP contribution in [0, 0.1) is 0 Å². The van der Waals surface area contributed by atoms with E-state index in [2.05, 4.69) is 151 Å². The van der Waals surface area contributed by atoms with Gasteiger partial charge in [-0.25, -0.2) is 9.48 Å². The maximum absolute atomic E-state index is 14.1. The third-order valence-electron chi connectivity index (χ3n) is 13.5. The number of piperidine rings is 1. The fraction of sp³-hybridized carbons (Fsp3) is 0.560. The zero-order valence-electron chi connectivity index (χ0n) is 40.7. The average molecular weight is 1020 g/mol. The van der Waals surface area contributed by atoms with E-state index in [4.69, 9.17) is 19.0 Å². The summed E-state index contributed by atoms with van der Waals surface area (Å²) in [4.78, 5) is 18.6. The molecule has 1 aliphatic carbocycles. The monoisotopic (exact) mass is 1020 g/mol. The molecule has 352 valence electrons. The fourth-order valence-electron chi connectivity index (χ4n) is 9.95. The number of nitrogens with zero attached hydrogens (tertiary/aromatic N) is 7. The van der Waals surface area contributed by atoms with Gasteiger partial charge in [-0.2, -0.15) is 5.10 Å². The Labute approximate surface area is 401 Å². The smallest absolute Gasteiger partial charge is 0.320 e. The van der Waals surface area contributed by atoms with Crippen molar-refractivity contribution in [3.05, 3.63) is 89.2 Å². The molecule has 5 atom stereocenters. The predicted octanol–water partition coefficient (Wildman–Crippen LogP) is 11.3. The van der Waals surface area contributed by atoms with Crippen LogP contribution in [0.1, 0.15) is 136 Å². The molecule has 2 aromatic carbocycles. The first-order valence-corrected chi connectivity index (χ1v) is 27.0. The lowest BCUT2D eigenvalue weighted by Crippen LogP contribution is -2.51. The molecular formula is C50H72IN9O4Si. The molecule has 3 aromatic heterocycles. The SMILES string of the molecule is CC(C)[Si](OCc1ccc(-n2nc(C(C)(C)C)cc2NC(=O)N[C@H]2CC[C@@H](Oc3ccc4nnc(N5[C@H](C)CCC[C@@H]5C)n4c3)c3ccccc32)cc1OCCN(C)C)(C(C)C)C(C)I. The van der Waals surface area contributed by atoms with Crippen molar-refractivity contribution in [1.29, 1.82) is 0 Å². The maximum atomic E-state index is 14.1. The zero-order chi connectivity index (χ0) is 46.8. The van der Waals surface area contributed by atoms with Gasteiger partial charge in [0.2, 0.25) is 14.3 Å². The number of ether oxygens (including phenoxy) is 2. The number of anilines is 2. The van der Waals surface area contributed by atoms with Crippen LogP contribution in [-0.4, -0.2) is 86.5 Å². The summed E-state index contributed by atoms with van der Waals surface area (Å²) in [7, 11) is 1.94. The lowest BCUT2D eigenvalue weighted by atomic mass is 9.85. The predicted molar refractivity (Wildman–Crippen MR) is 273 cm³/mol. The van der Waals surface area contributed by atoms with E-state index in [-0.39, 0.29) is 23.6 Å². The number of nitrogens with one attached hydrogen (secondary N) is 2. The number of benzene rings is 2. The second-order valence-corrected chi connectivity index (χ2v) is 28.4. The van der Waals surface area contributed by atoms with E-state index in [1.165, 1.54) is 6.42 Å². The lowest BCUT2D eigenvalue weighted by Gasteiger charge is -2.41. The summed E-state index contributed by atoms with van der Waals surface area (Å²) in [6.45, 7) is 24.2. The van der Waals surface area contributed by atoms with E-state index in [1.807, 2.05) is 61.4 Å². The number of likely N-dealkylation sites (N-methyl/N-ethyl adjacent to an activating group) is 1. The van der Waals surface area contributed by atoms with Crippen LogP contribution in [-0.2, 0) is 16.4 Å². The van der Waals surface area contributed by atoms with Crippen molar-refractivity contribution in [2.24, 2.45) is 0 Å². The molecule has 2 N–H and O–H groups in total. The lowest BCUT2D eigenvalue weighted by molar-refractivity contribution is 0.171. The molecule has 0 radical (unpaired) electrons. The third-order valence-corrected chi connectivity index (χ3v) is 21.9. The fourth-order valence-corrected chi connectivity index (χ4v) is 19.3. The van der Waals surface area contributed by atoms with E-state index < -0.39 is 8.32 Å². The Morgan fingerprint density at radius 1 is 0.923 bits per heavy atom. The number of rotatable bonds is 16. The van der Waals surface area contributed by atoms with E-state index in [0.717, 1.165) is 77.0 Å². The Morgan fingerprint density at radius 2 is 1.63 bits per heavy atom. The van der Waals surface area contributed by atoms with Gasteiger partial charge in [-0.1, -0.05) is 108 Å². The maximum Gasteiger partial charge on any atom is 0.320 e. The number of halogens is 1. The van der Waals surface area contributed by atoms with Crippen LogP contribution >= 0.6 is 22.6 Å². The Balaban J connectivity index is 1.11. The van der Waals surface area contributed by atoms with Gasteiger partial charge >= 0.3 is 6.03 Å². The molecule has 1 aliphatic heterocycles. The number of carbonyl (C=O) groups excluding carboxylic acids is 1. The zero-order valence-corrected chi connectivity index (χ0v) is 43.8. The minimum atomic E-state index is -2.15. The van der Waals surface area contributed by atoms with Crippen molar-refractivity contribution in [3.63, 3.8) is 0 Å². The van der Waals surface area contributed by atoms with Crippen LogP contribution in [0.4, 0.5) is 16.6 Å². The molecule has 1 saturated heterocycles. The number of hydrogen-bond acceptors (Lipinski definition) is 9. The molecule has 0 spiro atoms. The Hall–Kier alpha value is -4.19. The van der Waals surface area contributed by atoms with Crippen molar-refractivity contribution in [2.45, 2.75) is 152 Å². The number of amides is 2. The van der Waals surface area contributed by atoms with Crippen LogP contribution in [0.2, 0.25) is 11.1 Å². The molecule has 1 fully saturated rings. The van der Waals surface area contributed by atoms with Crippen molar-refractivity contribution in [1.82, 2.24) is 34.6 Å². The Morgan fingerprint density at radius 3 is 2.29 bits per heavy atom. The minimum Gasteiger partial charge on any atom is -0.492 e. The summed E-state index contributed by atoms with van der Waals surface area (Å²) >= 11 is 2.57. The minimum absolute atomic E-state index is 0.185. The average Bonchev–Trinajstić information content (AvgIpc) is 3.86. The first-order valence-electron chi connectivity index (χ1n) is 23.6. The van der Waals surface area contributed by atoms with E-state index in [9.17, 15) is 4.79 Å². The van der Waals surface area contributed by atoms with E-state index in [1.54, 1.807) is 0 Å². The molecule has 15 heteroatoms. The first kappa shape index (κ1) is 48.7. The molecular weight excluding hydrogens is 946 g/mol. The molecule has 4 heterocycles. The van der Waals surface area contributed by atoms with Gasteiger partial charge < -0.3 is 29.0 Å². The highest BCUT2D eigenvalue weighted by atomic mass is 127. The summed E-state index contributed by atoms with van der Waals surface area (Å²) in [6, 6.07) is 20.6. The van der Waals surface area contributed by atoms with Crippen LogP contribution in [0.5, 0.6) is 11.5 Å². The normalized spacial score (nSPS) is 19.8. The van der Waals surface area contributed by atoms with Gasteiger partial charge in [-0.05, 0) is 100 Å². The topological polar surface area (TPSA) is 123 Å². The number of pyridine rings is 1. The third kappa shape index (κ3) is 10.7. The number of fused-ring (bicyclic) bond motifs is 2. The molecule has 0 saturated carbocycles. The highest BCUT2D eigenvalue weighted by molar-refractivity contribution is 14.1. The molecule has 13 nitrogen and oxygen atoms in total. The van der Waals surface area contributed by atoms with Gasteiger partial charge in [0, 0.05) is 45.3 Å². The highest BCUT2D eigenvalue weighted by Gasteiger charge is 2.46. The van der Waals surface area contributed by atoms with Gasteiger partial charge in [0.15, 0.2) is 5.65 Å². The summed E-state index contributed by atoms with van der Waals surface area (Å²) in [5, 5.41) is 20.7. The standard InChI is InChI=1S/C50H72IN9O4Si/c1-32(2)65(33(3)4,36(7)51)63-31-37-20-21-38(28-44(37)62-27-26-57(11)12)60-47(29-45(56-60)50(8,9)10)53-48(61)52-42-23-24-43(41-19-14-13-18-40(41)42)64-39-22-25-46-54-55-49(58(46)30-39)59-34(5)16-15-17-35(59)6/h13-14,18-22,25,28-30,32-36,42-43H,15-17,23-24,26-27,31H2,1-12H3,(H2,52,53,61)/t34-,35+,36?,42-,43+/m0/s1. The first-order chi connectivity index (χ1) is 30.9. The van der Waals surface area contributed by atoms with Crippen LogP contribution in [0.15, 0.2) is 66.9 Å². The van der Waals surface area contributed by atoms with Gasteiger partial charge in [0.05, 0.1) is 30.2 Å². The van der Waals surface area contributed by atoms with Crippen molar-refractivity contribution in [2.75, 3.05) is 37.5 Å². The Bertz CT molecular complexity index is 2380. The molecule has 2 aliphatic rings. The number of hydrogen-bond donors (Lipinski definition) is 2. The molecule has 1 unspecified atom stereocenters. The largest absolute Gasteiger partial charge is 0.492 e. The van der Waals surface area contributed by atoms with Gasteiger partial charge in [0.1, 0.15) is 30.0 Å². The van der Waals surface area contributed by atoms with Crippen molar-refractivity contribution < 1.29 is 18.7 Å². The summed E-state index contributed by atoms with van der Waals surface area (Å²) in [6.07, 6.45) is 6.76. The van der Waals surface area contributed by atoms with Crippen LogP contribution in [0.25, 0.3) is 11.3 Å². The number of aromatic nitrogens is 5. The number of alkyl halides is 1. The summed E-state index contributed by atoms with van der Waals surface area (Å²) in [5.41, 5.74) is 6.19. The molecule has 5 aromatic rings. The van der Waals surface area contributed by atoms with Crippen LogP contribution in [0.3, 0.4) is 0 Å². The molecule has 7 rings (SSSR count). The van der Waals surface area contributed by atoms with E-state index >= 15 is 0 Å². The molecule has 65 heavy (non-hydrogen) atoms. The van der Waals surface area contributed by atoms with Gasteiger partial charge in [-0.15, -0.1) is 10.2 Å². The summed E-state index contributed by atoms with van der Waals surface area (Å²) < 4.78 is 24.7. The number of urea groups is 1. The highest BCUT2D eigenvalue weighted by Crippen LogP contribution is 2.42. The van der Waals surface area contributed by atoms with Gasteiger partial charge in [-0.3, -0.25) is 9.72 Å². The van der Waals surface area contributed by atoms with Crippen molar-refractivity contribution in [3.8, 4) is 17.2 Å². The van der Waals surface area contributed by atoms with Crippen LogP contribution < -0.4 is 25.0 Å². The Kier molecular flexibility index (Phi) is 15.3.